The number of amides is 1. The Bertz CT molecular complexity index is 773. The van der Waals surface area contributed by atoms with Gasteiger partial charge < -0.3 is 19.9 Å². The highest BCUT2D eigenvalue weighted by Crippen LogP contribution is 2.36. The predicted octanol–water partition coefficient (Wildman–Crippen LogP) is 4.68. The van der Waals surface area contributed by atoms with Gasteiger partial charge in [-0.15, -0.1) is 0 Å². The molecule has 0 saturated heterocycles. The summed E-state index contributed by atoms with van der Waals surface area (Å²) in [6.45, 7) is 9.70. The zero-order chi connectivity index (χ0) is 23.9. The lowest BCUT2D eigenvalue weighted by atomic mass is 9.78. The third-order valence-electron chi connectivity index (χ3n) is 5.50. The van der Waals surface area contributed by atoms with E-state index in [9.17, 15) is 19.5 Å². The molecule has 1 atom stereocenters. The Morgan fingerprint density at radius 2 is 1.66 bits per heavy atom. The number of hydrogen-bond acceptors (Lipinski definition) is 5. The van der Waals surface area contributed by atoms with Crippen molar-refractivity contribution in [2.75, 3.05) is 6.61 Å². The zero-order valence-corrected chi connectivity index (χ0v) is 19.8. The summed E-state index contributed by atoms with van der Waals surface area (Å²) in [5, 5.41) is 11.9. The highest BCUT2D eigenvalue weighted by molar-refractivity contribution is 5.80. The van der Waals surface area contributed by atoms with Crippen LogP contribution in [0, 0.1) is 11.8 Å². The lowest BCUT2D eigenvalue weighted by molar-refractivity contribution is -0.150. The number of ether oxygens (including phenoxy) is 2. The number of benzene rings is 1. The van der Waals surface area contributed by atoms with E-state index >= 15 is 0 Å². The summed E-state index contributed by atoms with van der Waals surface area (Å²) >= 11 is 0. The van der Waals surface area contributed by atoms with Crippen LogP contribution in [0.4, 0.5) is 4.79 Å². The van der Waals surface area contributed by atoms with Crippen LogP contribution in [-0.2, 0) is 25.5 Å². The van der Waals surface area contributed by atoms with Gasteiger partial charge in [-0.2, -0.15) is 0 Å². The second-order valence-corrected chi connectivity index (χ2v) is 10.1. The second kappa shape index (κ2) is 11.3. The number of carboxylic acid groups (broad SMARTS) is 1. The first kappa shape index (κ1) is 25.7. The van der Waals surface area contributed by atoms with Crippen LogP contribution in [0.25, 0.3) is 0 Å². The van der Waals surface area contributed by atoms with Gasteiger partial charge in [0.05, 0.1) is 12.5 Å². The zero-order valence-electron chi connectivity index (χ0n) is 19.8. The van der Waals surface area contributed by atoms with E-state index in [0.29, 0.717) is 18.4 Å². The lowest BCUT2D eigenvalue weighted by Gasteiger charge is -2.28. The molecule has 1 amide bonds. The first-order valence-corrected chi connectivity index (χ1v) is 11.4. The van der Waals surface area contributed by atoms with E-state index in [1.165, 1.54) is 5.56 Å². The molecule has 178 valence electrons. The van der Waals surface area contributed by atoms with E-state index in [-0.39, 0.29) is 18.3 Å². The number of carbonyl (C=O) groups excluding carboxylic acids is 2. The van der Waals surface area contributed by atoms with Gasteiger partial charge >= 0.3 is 18.0 Å². The van der Waals surface area contributed by atoms with Crippen molar-refractivity contribution < 1.29 is 29.0 Å². The van der Waals surface area contributed by atoms with Crippen molar-refractivity contribution in [1.82, 2.24) is 5.32 Å². The topological polar surface area (TPSA) is 102 Å². The predicted molar refractivity (Wildman–Crippen MR) is 121 cm³/mol. The van der Waals surface area contributed by atoms with Gasteiger partial charge in [0.15, 0.2) is 0 Å². The van der Waals surface area contributed by atoms with Crippen molar-refractivity contribution in [2.45, 2.75) is 84.3 Å². The van der Waals surface area contributed by atoms with E-state index in [1.54, 1.807) is 20.8 Å². The number of carbonyl (C=O) groups is 3. The standard InChI is InChI=1S/C25H37NO6/c1-16(2)15-31-23(29)20-12-10-19(11-13-20)18-8-6-17(7-9-18)14-21(22(27)28)26-24(30)32-25(3,4)5/h6-9,16,19-21H,10-15H2,1-5H3,(H,26,30)(H,27,28)/t19?,20?,21-/m0/s1. The van der Waals surface area contributed by atoms with Gasteiger partial charge in [0.25, 0.3) is 0 Å². The average Bonchev–Trinajstić information content (AvgIpc) is 2.70. The molecule has 1 aromatic rings. The fraction of sp³-hybridized carbons (Fsp3) is 0.640. The van der Waals surface area contributed by atoms with Crippen LogP contribution in [0.5, 0.6) is 0 Å². The highest BCUT2D eigenvalue weighted by atomic mass is 16.6. The minimum absolute atomic E-state index is 0.0143. The largest absolute Gasteiger partial charge is 0.480 e. The fourth-order valence-electron chi connectivity index (χ4n) is 3.84. The number of esters is 1. The third kappa shape index (κ3) is 8.52. The molecule has 32 heavy (non-hydrogen) atoms. The van der Waals surface area contributed by atoms with Gasteiger partial charge in [-0.3, -0.25) is 4.79 Å². The Morgan fingerprint density at radius 3 is 2.16 bits per heavy atom. The van der Waals surface area contributed by atoms with Crippen LogP contribution in [-0.4, -0.2) is 41.4 Å². The average molecular weight is 448 g/mol. The number of carboxylic acids is 1. The molecule has 1 aliphatic rings. The van der Waals surface area contributed by atoms with Crippen LogP contribution in [0.3, 0.4) is 0 Å². The molecule has 2 rings (SSSR count). The minimum atomic E-state index is -1.11. The first-order chi connectivity index (χ1) is 14.9. The summed E-state index contributed by atoms with van der Waals surface area (Å²) in [4.78, 5) is 35.7. The van der Waals surface area contributed by atoms with Gasteiger partial charge in [-0.25, -0.2) is 9.59 Å². The molecular weight excluding hydrogens is 410 g/mol. The van der Waals surface area contributed by atoms with Gasteiger partial charge in [0.2, 0.25) is 0 Å². The molecule has 1 aliphatic carbocycles. The summed E-state index contributed by atoms with van der Waals surface area (Å²) in [6, 6.07) is 6.78. The van der Waals surface area contributed by atoms with E-state index in [1.807, 2.05) is 38.1 Å². The molecule has 0 unspecified atom stereocenters. The number of hydrogen-bond donors (Lipinski definition) is 2. The molecule has 7 nitrogen and oxygen atoms in total. The van der Waals surface area contributed by atoms with Crippen molar-refractivity contribution in [3.63, 3.8) is 0 Å². The van der Waals surface area contributed by atoms with E-state index in [2.05, 4.69) is 5.32 Å². The third-order valence-corrected chi connectivity index (χ3v) is 5.50. The molecule has 1 fully saturated rings. The molecule has 0 spiro atoms. The molecule has 0 bridgehead atoms. The summed E-state index contributed by atoms with van der Waals surface area (Å²) in [5.41, 5.74) is 1.32. The molecular formula is C25H37NO6. The summed E-state index contributed by atoms with van der Waals surface area (Å²) in [5.74, 6) is -0.478. The SMILES string of the molecule is CC(C)COC(=O)C1CCC(c2ccc(C[C@H](NC(=O)OC(C)(C)C)C(=O)O)cc2)CC1. The molecule has 0 aromatic heterocycles. The molecule has 7 heteroatoms. The fourth-order valence-corrected chi connectivity index (χ4v) is 3.84. The summed E-state index contributed by atoms with van der Waals surface area (Å²) in [7, 11) is 0. The molecule has 0 heterocycles. The number of alkyl carbamates (subject to hydrolysis) is 1. The molecule has 0 radical (unpaired) electrons. The number of nitrogens with one attached hydrogen (secondary N) is 1. The van der Waals surface area contributed by atoms with Crippen LogP contribution in [0.2, 0.25) is 0 Å². The normalized spacial score (nSPS) is 19.8. The van der Waals surface area contributed by atoms with Crippen LogP contribution in [0.1, 0.15) is 77.3 Å². The Labute approximate surface area is 190 Å². The summed E-state index contributed by atoms with van der Waals surface area (Å²) in [6.07, 6.45) is 2.93. The first-order valence-electron chi connectivity index (χ1n) is 11.4. The van der Waals surface area contributed by atoms with E-state index in [4.69, 9.17) is 9.47 Å². The van der Waals surface area contributed by atoms with Crippen LogP contribution < -0.4 is 5.32 Å². The van der Waals surface area contributed by atoms with Gasteiger partial charge in [0, 0.05) is 6.42 Å². The smallest absolute Gasteiger partial charge is 0.408 e. The van der Waals surface area contributed by atoms with Gasteiger partial charge in [-0.1, -0.05) is 38.1 Å². The quantitative estimate of drug-likeness (QED) is 0.561. The molecule has 1 saturated carbocycles. The van der Waals surface area contributed by atoms with Crippen molar-refractivity contribution in [2.24, 2.45) is 11.8 Å². The maximum atomic E-state index is 12.2. The lowest BCUT2D eigenvalue weighted by Crippen LogP contribution is -2.44. The van der Waals surface area contributed by atoms with Gasteiger partial charge in [-0.05, 0) is 69.4 Å². The van der Waals surface area contributed by atoms with Crippen LogP contribution in [0.15, 0.2) is 24.3 Å². The van der Waals surface area contributed by atoms with Crippen molar-refractivity contribution in [3.8, 4) is 0 Å². The van der Waals surface area contributed by atoms with Crippen molar-refractivity contribution in [3.05, 3.63) is 35.4 Å². The maximum Gasteiger partial charge on any atom is 0.408 e. The molecule has 0 aliphatic heterocycles. The number of aliphatic carboxylic acids is 1. The molecule has 2 N–H and O–H groups in total. The van der Waals surface area contributed by atoms with Crippen LogP contribution >= 0.6 is 0 Å². The van der Waals surface area contributed by atoms with Crippen molar-refractivity contribution >= 4 is 18.0 Å². The Kier molecular flexibility index (Phi) is 9.10. The highest BCUT2D eigenvalue weighted by Gasteiger charge is 2.28. The Morgan fingerprint density at radius 1 is 1.06 bits per heavy atom. The summed E-state index contributed by atoms with van der Waals surface area (Å²) < 4.78 is 10.5. The monoisotopic (exact) mass is 447 g/mol. The van der Waals surface area contributed by atoms with Gasteiger partial charge in [0.1, 0.15) is 11.6 Å². The second-order valence-electron chi connectivity index (χ2n) is 10.1. The minimum Gasteiger partial charge on any atom is -0.480 e. The van der Waals surface area contributed by atoms with Crippen molar-refractivity contribution in [1.29, 1.82) is 0 Å². The van der Waals surface area contributed by atoms with E-state index in [0.717, 1.165) is 31.2 Å². The van der Waals surface area contributed by atoms with E-state index < -0.39 is 23.7 Å². The Balaban J connectivity index is 1.89. The Hall–Kier alpha value is -2.57. The molecule has 1 aromatic carbocycles. The number of rotatable bonds is 8. The maximum absolute atomic E-state index is 12.2.